The fraction of sp³-hybridized carbons (Fsp3) is 0.636. The number of amides is 1. The van der Waals surface area contributed by atoms with E-state index in [0.29, 0.717) is 35.0 Å². The monoisotopic (exact) mass is 429 g/mol. The smallest absolute Gasteiger partial charge is 0.307 e. The van der Waals surface area contributed by atoms with Crippen molar-refractivity contribution in [1.29, 1.82) is 0 Å². The molecule has 6 rings (SSSR count). The van der Waals surface area contributed by atoms with E-state index in [1.54, 1.807) is 0 Å². The van der Waals surface area contributed by atoms with E-state index in [-0.39, 0.29) is 29.9 Å². The number of nitrogens with one attached hydrogen (secondary N) is 1. The summed E-state index contributed by atoms with van der Waals surface area (Å²) >= 11 is 1.38. The highest BCUT2D eigenvalue weighted by atomic mass is 32.1. The van der Waals surface area contributed by atoms with Gasteiger partial charge in [-0.2, -0.15) is 0 Å². The van der Waals surface area contributed by atoms with E-state index in [1.165, 1.54) is 41.1 Å². The Balaban J connectivity index is 1.11. The lowest BCUT2D eigenvalue weighted by molar-refractivity contribution is -0.147. The number of thiazole rings is 1. The van der Waals surface area contributed by atoms with Gasteiger partial charge in [0.2, 0.25) is 5.91 Å². The zero-order chi connectivity index (χ0) is 20.9. The summed E-state index contributed by atoms with van der Waals surface area (Å²) in [6.45, 7) is 2.10. The van der Waals surface area contributed by atoms with Gasteiger partial charge >= 0.3 is 5.97 Å². The van der Waals surface area contributed by atoms with E-state index in [0.717, 1.165) is 25.0 Å². The lowest BCUT2D eigenvalue weighted by Crippen LogP contribution is -2.53. The molecule has 30 heavy (non-hydrogen) atoms. The van der Waals surface area contributed by atoms with E-state index >= 15 is 0 Å². The number of fused-ring (bicyclic) bond motifs is 1. The van der Waals surface area contributed by atoms with Gasteiger partial charge in [0.25, 0.3) is 5.56 Å². The first kappa shape index (κ1) is 19.7. The second-order valence-electron chi connectivity index (χ2n) is 9.45. The van der Waals surface area contributed by atoms with Crippen LogP contribution in [0.1, 0.15) is 56.3 Å². The maximum Gasteiger partial charge on any atom is 0.307 e. The third-order valence-electron chi connectivity index (χ3n) is 7.14. The van der Waals surface area contributed by atoms with Crippen molar-refractivity contribution in [2.45, 2.75) is 58.5 Å². The average molecular weight is 430 g/mol. The van der Waals surface area contributed by atoms with Crippen molar-refractivity contribution in [3.8, 4) is 0 Å². The minimum atomic E-state index is -0.398. The molecular formula is C22H27N3O4S. The van der Waals surface area contributed by atoms with Gasteiger partial charge in [0.1, 0.15) is 6.61 Å². The largest absolute Gasteiger partial charge is 0.459 e. The highest BCUT2D eigenvalue weighted by Gasteiger charge is 2.54. The van der Waals surface area contributed by atoms with Crippen LogP contribution >= 0.6 is 11.3 Å². The van der Waals surface area contributed by atoms with Crippen LogP contribution in [-0.4, -0.2) is 27.8 Å². The first-order valence-corrected chi connectivity index (χ1v) is 11.7. The molecular weight excluding hydrogens is 402 g/mol. The molecule has 0 saturated heterocycles. The summed E-state index contributed by atoms with van der Waals surface area (Å²) in [4.78, 5) is 42.2. The van der Waals surface area contributed by atoms with Crippen molar-refractivity contribution >= 4 is 28.2 Å². The molecule has 1 amide bonds. The summed E-state index contributed by atoms with van der Waals surface area (Å²) in [6, 6.07) is 1.40. The fourth-order valence-corrected chi connectivity index (χ4v) is 7.15. The standard InChI is InChI=1S/C22H27N3O4S/c1-13-12-30-21-24-17(7-18(26)25(13)21)11-29-19(27)2-3-23-20(28)22-8-14-4-15(9-22)6-16(5-14)10-22/h7,12,14-16H,2-6,8-11H2,1H3,(H,23,28). The highest BCUT2D eigenvalue weighted by Crippen LogP contribution is 2.60. The van der Waals surface area contributed by atoms with Gasteiger partial charge in [-0.05, 0) is 63.2 Å². The molecule has 0 aliphatic heterocycles. The molecule has 0 radical (unpaired) electrons. The van der Waals surface area contributed by atoms with Gasteiger partial charge in [-0.15, -0.1) is 11.3 Å². The van der Waals surface area contributed by atoms with E-state index in [4.69, 9.17) is 4.74 Å². The van der Waals surface area contributed by atoms with Gasteiger partial charge in [0.15, 0.2) is 4.96 Å². The highest BCUT2D eigenvalue weighted by molar-refractivity contribution is 7.15. The fourth-order valence-electron chi connectivity index (χ4n) is 6.26. The molecule has 0 aromatic carbocycles. The number of aryl methyl sites for hydroxylation is 1. The van der Waals surface area contributed by atoms with Crippen molar-refractivity contribution in [2.24, 2.45) is 23.2 Å². The Labute approximate surface area is 178 Å². The van der Waals surface area contributed by atoms with Gasteiger partial charge in [-0.25, -0.2) is 4.98 Å². The summed E-state index contributed by atoms with van der Waals surface area (Å²) in [7, 11) is 0. The Hall–Kier alpha value is -2.22. The number of carbonyl (C=O) groups is 2. The summed E-state index contributed by atoms with van der Waals surface area (Å²) in [5.41, 5.74) is 0.908. The topological polar surface area (TPSA) is 89.8 Å². The minimum absolute atomic E-state index is 0.0373. The van der Waals surface area contributed by atoms with E-state index in [1.807, 2.05) is 12.3 Å². The quantitative estimate of drug-likeness (QED) is 0.713. The van der Waals surface area contributed by atoms with Crippen molar-refractivity contribution in [3.63, 3.8) is 0 Å². The molecule has 2 heterocycles. The van der Waals surface area contributed by atoms with Crippen LogP contribution in [0, 0.1) is 30.1 Å². The number of hydrogen-bond donors (Lipinski definition) is 1. The lowest BCUT2D eigenvalue weighted by Gasteiger charge is -2.55. The third-order valence-corrected chi connectivity index (χ3v) is 8.09. The van der Waals surface area contributed by atoms with Crippen LogP contribution in [-0.2, 0) is 20.9 Å². The second kappa shape index (κ2) is 7.48. The van der Waals surface area contributed by atoms with Crippen LogP contribution < -0.4 is 10.9 Å². The van der Waals surface area contributed by atoms with Crippen molar-refractivity contribution in [1.82, 2.24) is 14.7 Å². The molecule has 4 aliphatic carbocycles. The van der Waals surface area contributed by atoms with E-state index in [2.05, 4.69) is 10.3 Å². The van der Waals surface area contributed by atoms with Crippen molar-refractivity contribution in [2.75, 3.05) is 6.54 Å². The summed E-state index contributed by atoms with van der Waals surface area (Å²) in [6.07, 6.45) is 7.06. The number of rotatable bonds is 6. The van der Waals surface area contributed by atoms with E-state index in [9.17, 15) is 14.4 Å². The number of esters is 1. The van der Waals surface area contributed by atoms with Crippen LogP contribution in [0.4, 0.5) is 0 Å². The van der Waals surface area contributed by atoms with Crippen LogP contribution in [0.2, 0.25) is 0 Å². The van der Waals surface area contributed by atoms with Gasteiger partial charge in [0.05, 0.1) is 12.1 Å². The maximum absolute atomic E-state index is 12.9. The molecule has 2 aromatic rings. The average Bonchev–Trinajstić information content (AvgIpc) is 3.06. The summed E-state index contributed by atoms with van der Waals surface area (Å²) < 4.78 is 6.81. The summed E-state index contributed by atoms with van der Waals surface area (Å²) in [5, 5.41) is 4.86. The molecule has 4 fully saturated rings. The van der Waals surface area contributed by atoms with Gasteiger partial charge in [0, 0.05) is 29.1 Å². The Kier molecular flexibility index (Phi) is 4.92. The molecule has 160 valence electrons. The molecule has 4 aliphatic rings. The van der Waals surface area contributed by atoms with Crippen LogP contribution in [0.25, 0.3) is 4.96 Å². The van der Waals surface area contributed by atoms with Gasteiger partial charge in [-0.1, -0.05) is 0 Å². The normalized spacial score (nSPS) is 29.3. The summed E-state index contributed by atoms with van der Waals surface area (Å²) in [5.74, 6) is 1.88. The number of hydrogen-bond acceptors (Lipinski definition) is 6. The molecule has 2 aromatic heterocycles. The molecule has 7 nitrogen and oxygen atoms in total. The van der Waals surface area contributed by atoms with Crippen LogP contribution in [0.3, 0.4) is 0 Å². The van der Waals surface area contributed by atoms with E-state index < -0.39 is 5.97 Å². The number of nitrogens with zero attached hydrogens (tertiary/aromatic N) is 2. The molecule has 0 atom stereocenters. The number of carbonyl (C=O) groups excluding carboxylic acids is 2. The lowest BCUT2D eigenvalue weighted by atomic mass is 9.49. The zero-order valence-electron chi connectivity index (χ0n) is 17.2. The number of ether oxygens (including phenoxy) is 1. The molecule has 0 unspecified atom stereocenters. The zero-order valence-corrected chi connectivity index (χ0v) is 18.0. The Bertz CT molecular complexity index is 1020. The third kappa shape index (κ3) is 3.55. The van der Waals surface area contributed by atoms with Crippen molar-refractivity contribution in [3.05, 3.63) is 33.2 Å². The molecule has 4 saturated carbocycles. The maximum atomic E-state index is 12.9. The SMILES string of the molecule is Cc1csc2nc(COC(=O)CCNC(=O)C34CC5CC(CC(C5)C3)C4)cc(=O)n12. The first-order chi connectivity index (χ1) is 14.4. The van der Waals surface area contributed by atoms with Crippen molar-refractivity contribution < 1.29 is 14.3 Å². The molecule has 0 spiro atoms. The molecule has 4 bridgehead atoms. The molecule has 1 N–H and O–H groups in total. The predicted octanol–water partition coefficient (Wildman–Crippen LogP) is 2.83. The van der Waals surface area contributed by atoms with Gasteiger partial charge < -0.3 is 10.1 Å². The number of aromatic nitrogens is 2. The van der Waals surface area contributed by atoms with Crippen LogP contribution in [0.5, 0.6) is 0 Å². The van der Waals surface area contributed by atoms with Gasteiger partial charge in [-0.3, -0.25) is 18.8 Å². The van der Waals surface area contributed by atoms with Crippen LogP contribution in [0.15, 0.2) is 16.2 Å². The Morgan fingerprint density at radius 3 is 2.57 bits per heavy atom. The second-order valence-corrected chi connectivity index (χ2v) is 10.3. The Morgan fingerprint density at radius 1 is 1.23 bits per heavy atom. The Morgan fingerprint density at radius 2 is 1.90 bits per heavy atom. The first-order valence-electron chi connectivity index (χ1n) is 10.8. The minimum Gasteiger partial charge on any atom is -0.459 e. The molecule has 8 heteroatoms. The predicted molar refractivity (Wildman–Crippen MR) is 112 cm³/mol.